The van der Waals surface area contributed by atoms with Crippen LogP contribution in [0, 0.1) is 0 Å². The summed E-state index contributed by atoms with van der Waals surface area (Å²) >= 11 is 3.31. The fraction of sp³-hybridized carbons (Fsp3) is 0.143. The number of carbonyl (C=O) groups excluding carboxylic acids is 1. The number of carbonyl (C=O) groups is 1. The lowest BCUT2D eigenvalue weighted by atomic mass is 9.94. The van der Waals surface area contributed by atoms with E-state index in [4.69, 9.17) is 9.73 Å². The number of methoxy groups -OCH3 is 1. The summed E-state index contributed by atoms with van der Waals surface area (Å²) < 4.78 is 5.04. The number of hydrogen-bond donors (Lipinski definition) is 1. The Morgan fingerprint density at radius 3 is 2.48 bits per heavy atom. The molecule has 3 aromatic rings. The summed E-state index contributed by atoms with van der Waals surface area (Å²) in [6.45, 7) is 1.89. The normalized spacial score (nSPS) is 16.7. The van der Waals surface area contributed by atoms with Crippen LogP contribution in [0.3, 0.4) is 0 Å². The predicted molar refractivity (Wildman–Crippen MR) is 111 cm³/mol. The molecular weight excluding hydrogens is 376 g/mol. The van der Waals surface area contributed by atoms with Gasteiger partial charge in [0.05, 0.1) is 17.6 Å². The number of amidine groups is 1. The molecule has 0 bridgehead atoms. The Bertz CT molecular complexity index is 1020. The summed E-state index contributed by atoms with van der Waals surface area (Å²) in [5.74, 6) is 0.419. The number of ether oxygens (including phenoxy) is 1. The number of nitrogens with zero attached hydrogens (tertiary/aromatic N) is 1. The lowest BCUT2D eigenvalue weighted by molar-refractivity contribution is -0.136. The van der Waals surface area contributed by atoms with E-state index in [1.54, 1.807) is 22.7 Å². The highest BCUT2D eigenvalue weighted by atomic mass is 32.1. The van der Waals surface area contributed by atoms with Crippen LogP contribution < -0.4 is 5.32 Å². The zero-order valence-corrected chi connectivity index (χ0v) is 16.6. The maximum absolute atomic E-state index is 12.5. The maximum atomic E-state index is 12.5. The highest BCUT2D eigenvalue weighted by Crippen LogP contribution is 2.35. The molecule has 6 heteroatoms. The second-order valence-corrected chi connectivity index (χ2v) is 8.01. The number of hydrogen-bond acceptors (Lipinski definition) is 6. The van der Waals surface area contributed by atoms with Crippen molar-refractivity contribution in [2.45, 2.75) is 13.0 Å². The van der Waals surface area contributed by atoms with Crippen LogP contribution in [-0.4, -0.2) is 18.9 Å². The van der Waals surface area contributed by atoms with Crippen molar-refractivity contribution in [2.24, 2.45) is 4.99 Å². The summed E-state index contributed by atoms with van der Waals surface area (Å²) in [5.41, 5.74) is 3.40. The van der Waals surface area contributed by atoms with Crippen LogP contribution in [0.2, 0.25) is 0 Å². The third kappa shape index (κ3) is 3.46. The molecular formula is C21H18N2O2S2. The SMILES string of the molecule is COC(=O)C1=C(C)NC(c2cccs2)=NC1c1cccc(-c2cccs2)c1. The molecule has 0 fully saturated rings. The van der Waals surface area contributed by atoms with Gasteiger partial charge in [0.2, 0.25) is 0 Å². The van der Waals surface area contributed by atoms with Gasteiger partial charge in [-0.3, -0.25) is 4.99 Å². The van der Waals surface area contributed by atoms with Gasteiger partial charge in [0.15, 0.2) is 0 Å². The van der Waals surface area contributed by atoms with Gasteiger partial charge in [-0.15, -0.1) is 22.7 Å². The summed E-state index contributed by atoms with van der Waals surface area (Å²) in [5, 5.41) is 7.34. The minimum absolute atomic E-state index is 0.361. The first-order chi connectivity index (χ1) is 13.2. The summed E-state index contributed by atoms with van der Waals surface area (Å²) in [6.07, 6.45) is 0. The summed E-state index contributed by atoms with van der Waals surface area (Å²) in [7, 11) is 1.40. The minimum Gasteiger partial charge on any atom is -0.466 e. The van der Waals surface area contributed by atoms with Gasteiger partial charge in [-0.05, 0) is 47.0 Å². The van der Waals surface area contributed by atoms with E-state index in [1.807, 2.05) is 42.6 Å². The number of allylic oxidation sites excluding steroid dienone is 1. The number of thiophene rings is 2. The van der Waals surface area contributed by atoms with Crippen LogP contribution in [0.4, 0.5) is 0 Å². The van der Waals surface area contributed by atoms with Crippen molar-refractivity contribution in [1.82, 2.24) is 5.32 Å². The largest absolute Gasteiger partial charge is 0.466 e. The fourth-order valence-corrected chi connectivity index (χ4v) is 4.54. The van der Waals surface area contributed by atoms with Crippen molar-refractivity contribution in [3.8, 4) is 10.4 Å². The molecule has 0 saturated carbocycles. The number of esters is 1. The summed E-state index contributed by atoms with van der Waals surface area (Å²) in [6, 6.07) is 15.9. The minimum atomic E-state index is -0.407. The molecule has 1 aliphatic heterocycles. The lowest BCUT2D eigenvalue weighted by Crippen LogP contribution is -2.32. The monoisotopic (exact) mass is 394 g/mol. The molecule has 1 N–H and O–H groups in total. The van der Waals surface area contributed by atoms with Gasteiger partial charge >= 0.3 is 5.97 Å². The van der Waals surface area contributed by atoms with Gasteiger partial charge in [0, 0.05) is 10.6 Å². The number of rotatable bonds is 4. The fourth-order valence-electron chi connectivity index (χ4n) is 3.14. The van der Waals surface area contributed by atoms with Crippen molar-refractivity contribution in [3.05, 3.63) is 81.0 Å². The molecule has 0 saturated heterocycles. The third-order valence-corrected chi connectivity index (χ3v) is 6.20. The van der Waals surface area contributed by atoms with Gasteiger partial charge in [-0.1, -0.05) is 30.3 Å². The molecule has 4 nitrogen and oxygen atoms in total. The predicted octanol–water partition coefficient (Wildman–Crippen LogP) is 5.01. The van der Waals surface area contributed by atoms with Crippen LogP contribution in [0.5, 0.6) is 0 Å². The van der Waals surface area contributed by atoms with E-state index < -0.39 is 6.04 Å². The van der Waals surface area contributed by atoms with Crippen molar-refractivity contribution >= 4 is 34.5 Å². The molecule has 0 aliphatic carbocycles. The van der Waals surface area contributed by atoms with E-state index in [2.05, 4.69) is 28.9 Å². The zero-order valence-electron chi connectivity index (χ0n) is 14.9. The van der Waals surface area contributed by atoms with Crippen molar-refractivity contribution in [2.75, 3.05) is 7.11 Å². The molecule has 0 spiro atoms. The van der Waals surface area contributed by atoms with Crippen LogP contribution in [0.25, 0.3) is 10.4 Å². The third-order valence-electron chi connectivity index (χ3n) is 4.41. The van der Waals surface area contributed by atoms with Gasteiger partial charge in [-0.2, -0.15) is 0 Å². The molecule has 4 rings (SSSR count). The summed E-state index contributed by atoms with van der Waals surface area (Å²) in [4.78, 5) is 19.6. The van der Waals surface area contributed by atoms with Crippen molar-refractivity contribution < 1.29 is 9.53 Å². The van der Waals surface area contributed by atoms with Gasteiger partial charge in [0.25, 0.3) is 0 Å². The smallest absolute Gasteiger partial charge is 0.338 e. The number of benzene rings is 1. The molecule has 1 atom stereocenters. The Hall–Kier alpha value is -2.70. The van der Waals surface area contributed by atoms with Gasteiger partial charge in [-0.25, -0.2) is 4.79 Å². The Kier molecular flexibility index (Phi) is 4.92. The first-order valence-corrected chi connectivity index (χ1v) is 10.2. The van der Waals surface area contributed by atoms with Crippen LogP contribution in [-0.2, 0) is 9.53 Å². The van der Waals surface area contributed by atoms with E-state index in [0.29, 0.717) is 5.57 Å². The molecule has 1 unspecified atom stereocenters. The second kappa shape index (κ2) is 7.50. The molecule has 0 radical (unpaired) electrons. The quantitative estimate of drug-likeness (QED) is 0.633. The van der Waals surface area contributed by atoms with E-state index in [1.165, 1.54) is 12.0 Å². The topological polar surface area (TPSA) is 50.7 Å². The second-order valence-electron chi connectivity index (χ2n) is 6.12. The average molecular weight is 395 g/mol. The molecule has 1 aliphatic rings. The Labute approximate surface area is 165 Å². The maximum Gasteiger partial charge on any atom is 0.338 e. The highest BCUT2D eigenvalue weighted by Gasteiger charge is 2.30. The zero-order chi connectivity index (χ0) is 18.8. The van der Waals surface area contributed by atoms with Crippen LogP contribution >= 0.6 is 22.7 Å². The molecule has 136 valence electrons. The standard InChI is InChI=1S/C21H18N2O2S2/c1-13-18(21(24)25-2)19(23-20(22-13)17-9-5-11-27-17)15-7-3-6-14(12-15)16-8-4-10-26-16/h3-12,19H,1-2H3,(H,22,23). The van der Waals surface area contributed by atoms with E-state index in [-0.39, 0.29) is 5.97 Å². The van der Waals surface area contributed by atoms with Crippen molar-refractivity contribution in [3.63, 3.8) is 0 Å². The van der Waals surface area contributed by atoms with Gasteiger partial charge < -0.3 is 10.1 Å². The van der Waals surface area contributed by atoms with E-state index >= 15 is 0 Å². The molecule has 3 heterocycles. The first kappa shape index (κ1) is 17.7. The highest BCUT2D eigenvalue weighted by molar-refractivity contribution is 7.13. The molecule has 0 amide bonds. The number of nitrogens with one attached hydrogen (secondary N) is 1. The van der Waals surface area contributed by atoms with Crippen LogP contribution in [0.1, 0.15) is 23.4 Å². The average Bonchev–Trinajstić information content (AvgIpc) is 3.40. The molecule has 2 aromatic heterocycles. The van der Waals surface area contributed by atoms with Gasteiger partial charge in [0.1, 0.15) is 11.9 Å². The number of aliphatic imine (C=N–C) groups is 1. The molecule has 1 aromatic carbocycles. The van der Waals surface area contributed by atoms with E-state index in [9.17, 15) is 4.79 Å². The van der Waals surface area contributed by atoms with Crippen LogP contribution in [0.15, 0.2) is 75.6 Å². The lowest BCUT2D eigenvalue weighted by Gasteiger charge is -2.25. The van der Waals surface area contributed by atoms with E-state index in [0.717, 1.165) is 27.5 Å². The Morgan fingerprint density at radius 2 is 1.81 bits per heavy atom. The molecule has 27 heavy (non-hydrogen) atoms. The van der Waals surface area contributed by atoms with Crippen molar-refractivity contribution in [1.29, 1.82) is 0 Å². The Morgan fingerprint density at radius 1 is 1.07 bits per heavy atom. The Balaban J connectivity index is 1.82. The first-order valence-electron chi connectivity index (χ1n) is 8.49.